The molecule has 1 aromatic carbocycles. The van der Waals surface area contributed by atoms with Gasteiger partial charge in [-0.25, -0.2) is 0 Å². The molecule has 0 bridgehead atoms. The van der Waals surface area contributed by atoms with Crippen LogP contribution in [-0.2, 0) is 26.0 Å². The third-order valence-corrected chi connectivity index (χ3v) is 4.70. The maximum Gasteiger partial charge on any atom is 0.208 e. The normalized spacial score (nSPS) is 14.4. The summed E-state index contributed by atoms with van der Waals surface area (Å²) < 4.78 is 0. The maximum absolute atomic E-state index is 9.20. The van der Waals surface area contributed by atoms with Crippen LogP contribution in [0.5, 0.6) is 0 Å². The van der Waals surface area contributed by atoms with Gasteiger partial charge in [0.1, 0.15) is 5.01 Å². The molecule has 1 N–H and O–H groups in total. The predicted octanol–water partition coefficient (Wildman–Crippen LogP) is 2.55. The fourth-order valence-corrected chi connectivity index (χ4v) is 3.52. The molecule has 1 aliphatic rings. The first kappa shape index (κ1) is 13.5. The quantitative estimate of drug-likeness (QED) is 0.939. The van der Waals surface area contributed by atoms with Gasteiger partial charge in [0.15, 0.2) is 0 Å². The Labute approximate surface area is 123 Å². The van der Waals surface area contributed by atoms with Crippen molar-refractivity contribution in [2.75, 3.05) is 11.4 Å². The van der Waals surface area contributed by atoms with E-state index >= 15 is 0 Å². The summed E-state index contributed by atoms with van der Waals surface area (Å²) in [5, 5.41) is 19.9. The molecule has 20 heavy (non-hydrogen) atoms. The lowest BCUT2D eigenvalue weighted by molar-refractivity contribution is 0.281. The zero-order chi connectivity index (χ0) is 13.9. The second-order valence-electron chi connectivity index (χ2n) is 5.16. The average Bonchev–Trinajstić information content (AvgIpc) is 2.95. The number of anilines is 1. The molecule has 106 valence electrons. The molecule has 0 atom stereocenters. The van der Waals surface area contributed by atoms with Gasteiger partial charge in [-0.1, -0.05) is 36.5 Å². The molecular formula is C15H19N3OS. The second-order valence-corrected chi connectivity index (χ2v) is 6.20. The van der Waals surface area contributed by atoms with Crippen molar-refractivity contribution in [3.63, 3.8) is 0 Å². The minimum Gasteiger partial charge on any atom is -0.392 e. The van der Waals surface area contributed by atoms with Gasteiger partial charge in [-0.3, -0.25) is 0 Å². The summed E-state index contributed by atoms with van der Waals surface area (Å²) in [5.74, 6) is 0. The number of hydrogen-bond acceptors (Lipinski definition) is 5. The topological polar surface area (TPSA) is 49.2 Å². The van der Waals surface area contributed by atoms with Crippen LogP contribution in [0.25, 0.3) is 0 Å². The fourth-order valence-electron chi connectivity index (χ4n) is 2.56. The monoisotopic (exact) mass is 289 g/mol. The summed E-state index contributed by atoms with van der Waals surface area (Å²) in [6, 6.07) is 6.25. The SMILES string of the molecule is CCCc1nnc(N2CCc3cc(CO)ccc3C2)s1. The number of aliphatic hydroxyl groups excluding tert-OH is 1. The summed E-state index contributed by atoms with van der Waals surface area (Å²) in [6.07, 6.45) is 3.13. The molecule has 4 nitrogen and oxygen atoms in total. The number of aliphatic hydroxyl groups is 1. The first-order valence-corrected chi connectivity index (χ1v) is 7.90. The van der Waals surface area contributed by atoms with Gasteiger partial charge >= 0.3 is 0 Å². The zero-order valence-electron chi connectivity index (χ0n) is 11.7. The summed E-state index contributed by atoms with van der Waals surface area (Å²) in [7, 11) is 0. The van der Waals surface area contributed by atoms with Crippen LogP contribution < -0.4 is 4.90 Å². The van der Waals surface area contributed by atoms with E-state index in [-0.39, 0.29) is 6.61 Å². The fraction of sp³-hybridized carbons (Fsp3) is 0.467. The lowest BCUT2D eigenvalue weighted by atomic mass is 9.98. The number of aryl methyl sites for hydroxylation is 1. The molecule has 0 aliphatic carbocycles. The van der Waals surface area contributed by atoms with E-state index in [0.29, 0.717) is 0 Å². The first-order valence-electron chi connectivity index (χ1n) is 7.09. The standard InChI is InChI=1S/C15H19N3OS/c1-2-3-14-16-17-15(20-14)18-7-6-12-8-11(10-19)4-5-13(12)9-18/h4-5,8,19H,2-3,6-7,9-10H2,1H3. The Kier molecular flexibility index (Phi) is 3.98. The molecule has 0 spiro atoms. The number of fused-ring (bicyclic) bond motifs is 1. The van der Waals surface area contributed by atoms with Crippen LogP contribution in [0.1, 0.15) is 35.0 Å². The smallest absolute Gasteiger partial charge is 0.208 e. The molecule has 0 fully saturated rings. The van der Waals surface area contributed by atoms with E-state index in [0.717, 1.165) is 48.1 Å². The van der Waals surface area contributed by atoms with Crippen LogP contribution in [0, 0.1) is 0 Å². The molecule has 0 amide bonds. The van der Waals surface area contributed by atoms with Crippen LogP contribution in [0.4, 0.5) is 5.13 Å². The van der Waals surface area contributed by atoms with Gasteiger partial charge in [0.05, 0.1) is 6.61 Å². The van der Waals surface area contributed by atoms with Gasteiger partial charge in [0.25, 0.3) is 0 Å². The number of benzene rings is 1. The molecule has 0 radical (unpaired) electrons. The van der Waals surface area contributed by atoms with E-state index in [1.165, 1.54) is 11.1 Å². The highest BCUT2D eigenvalue weighted by Gasteiger charge is 2.19. The van der Waals surface area contributed by atoms with Crippen molar-refractivity contribution in [3.8, 4) is 0 Å². The zero-order valence-corrected chi connectivity index (χ0v) is 12.5. The summed E-state index contributed by atoms with van der Waals surface area (Å²) in [4.78, 5) is 2.30. The molecule has 0 saturated heterocycles. The van der Waals surface area contributed by atoms with Gasteiger partial charge < -0.3 is 10.0 Å². The lowest BCUT2D eigenvalue weighted by Gasteiger charge is -2.28. The average molecular weight is 289 g/mol. The van der Waals surface area contributed by atoms with Crippen LogP contribution in [-0.4, -0.2) is 21.8 Å². The highest BCUT2D eigenvalue weighted by atomic mass is 32.1. The molecule has 1 aromatic heterocycles. The highest BCUT2D eigenvalue weighted by Crippen LogP contribution is 2.28. The molecule has 1 aliphatic heterocycles. The van der Waals surface area contributed by atoms with E-state index in [2.05, 4.69) is 34.2 Å². The molecule has 3 rings (SSSR count). The Morgan fingerprint density at radius 3 is 3.00 bits per heavy atom. The van der Waals surface area contributed by atoms with E-state index in [4.69, 9.17) is 0 Å². The minimum atomic E-state index is 0.119. The van der Waals surface area contributed by atoms with Crippen molar-refractivity contribution in [1.29, 1.82) is 0 Å². The van der Waals surface area contributed by atoms with Crippen LogP contribution in [0.2, 0.25) is 0 Å². The molecular weight excluding hydrogens is 270 g/mol. The second kappa shape index (κ2) is 5.89. The van der Waals surface area contributed by atoms with Crippen LogP contribution in [0.3, 0.4) is 0 Å². The van der Waals surface area contributed by atoms with Crippen molar-refractivity contribution in [2.24, 2.45) is 0 Å². The predicted molar refractivity (Wildman–Crippen MR) is 81.0 cm³/mol. The summed E-state index contributed by atoms with van der Waals surface area (Å²) in [5.41, 5.74) is 3.69. The molecule has 2 aromatic rings. The van der Waals surface area contributed by atoms with E-state index in [1.54, 1.807) is 11.3 Å². The van der Waals surface area contributed by atoms with Crippen LogP contribution in [0.15, 0.2) is 18.2 Å². The third-order valence-electron chi connectivity index (χ3n) is 3.66. The van der Waals surface area contributed by atoms with E-state index < -0.39 is 0 Å². The van der Waals surface area contributed by atoms with Gasteiger partial charge in [0.2, 0.25) is 5.13 Å². The summed E-state index contributed by atoms with van der Waals surface area (Å²) in [6.45, 7) is 4.15. The Bertz CT molecular complexity index is 597. The van der Waals surface area contributed by atoms with Gasteiger partial charge in [-0.2, -0.15) is 0 Å². The number of nitrogens with zero attached hydrogens (tertiary/aromatic N) is 3. The van der Waals surface area contributed by atoms with Crippen molar-refractivity contribution in [3.05, 3.63) is 39.9 Å². The molecule has 0 unspecified atom stereocenters. The van der Waals surface area contributed by atoms with Gasteiger partial charge in [0, 0.05) is 19.5 Å². The Balaban J connectivity index is 1.77. The Morgan fingerprint density at radius 2 is 2.20 bits per heavy atom. The first-order chi connectivity index (χ1) is 9.80. The lowest BCUT2D eigenvalue weighted by Crippen LogP contribution is -2.30. The number of aromatic nitrogens is 2. The highest BCUT2D eigenvalue weighted by molar-refractivity contribution is 7.15. The summed E-state index contributed by atoms with van der Waals surface area (Å²) >= 11 is 1.71. The van der Waals surface area contributed by atoms with E-state index in [9.17, 15) is 5.11 Å². The van der Waals surface area contributed by atoms with Gasteiger partial charge in [-0.05, 0) is 29.5 Å². The molecule has 2 heterocycles. The Hall–Kier alpha value is -1.46. The number of rotatable bonds is 4. The number of hydrogen-bond donors (Lipinski definition) is 1. The van der Waals surface area contributed by atoms with E-state index in [1.807, 2.05) is 6.07 Å². The van der Waals surface area contributed by atoms with Gasteiger partial charge in [-0.15, -0.1) is 10.2 Å². The third kappa shape index (κ3) is 2.69. The Morgan fingerprint density at radius 1 is 1.30 bits per heavy atom. The molecule has 0 saturated carbocycles. The van der Waals surface area contributed by atoms with Crippen molar-refractivity contribution < 1.29 is 5.11 Å². The van der Waals surface area contributed by atoms with Crippen molar-refractivity contribution >= 4 is 16.5 Å². The maximum atomic E-state index is 9.20. The largest absolute Gasteiger partial charge is 0.392 e. The minimum absolute atomic E-state index is 0.119. The molecule has 5 heteroatoms. The van der Waals surface area contributed by atoms with Crippen molar-refractivity contribution in [1.82, 2.24) is 10.2 Å². The van der Waals surface area contributed by atoms with Crippen molar-refractivity contribution in [2.45, 2.75) is 39.3 Å². The van der Waals surface area contributed by atoms with Crippen LogP contribution >= 0.6 is 11.3 Å².